The van der Waals surface area contributed by atoms with Gasteiger partial charge in [-0.15, -0.1) is 11.3 Å². The van der Waals surface area contributed by atoms with Crippen LogP contribution in [0.3, 0.4) is 0 Å². The standard InChI is InChI=1S/C13H17NS/c1-9(2)12-8-15-13-7-10(5-6-14)3-4-11(12)13/h3-4,7-9H,5-6,14H2,1-2H3. The molecule has 0 spiro atoms. The van der Waals surface area contributed by atoms with Gasteiger partial charge in [0.1, 0.15) is 0 Å². The van der Waals surface area contributed by atoms with Crippen molar-refractivity contribution in [3.8, 4) is 0 Å². The monoisotopic (exact) mass is 219 g/mol. The first kappa shape index (κ1) is 10.7. The van der Waals surface area contributed by atoms with Gasteiger partial charge >= 0.3 is 0 Å². The summed E-state index contributed by atoms with van der Waals surface area (Å²) in [5.41, 5.74) is 8.38. The van der Waals surface area contributed by atoms with E-state index in [0.717, 1.165) is 13.0 Å². The van der Waals surface area contributed by atoms with Crippen LogP contribution in [0.2, 0.25) is 0 Å². The van der Waals surface area contributed by atoms with Crippen LogP contribution in [0, 0.1) is 0 Å². The van der Waals surface area contributed by atoms with Crippen LogP contribution in [0.25, 0.3) is 10.1 Å². The van der Waals surface area contributed by atoms with Gasteiger partial charge in [0.25, 0.3) is 0 Å². The zero-order valence-electron chi connectivity index (χ0n) is 9.29. The van der Waals surface area contributed by atoms with E-state index < -0.39 is 0 Å². The van der Waals surface area contributed by atoms with Crippen molar-refractivity contribution in [1.29, 1.82) is 0 Å². The average Bonchev–Trinajstić information content (AvgIpc) is 2.61. The Kier molecular flexibility index (Phi) is 3.08. The largest absolute Gasteiger partial charge is 0.330 e. The Morgan fingerprint density at radius 1 is 1.33 bits per heavy atom. The summed E-state index contributed by atoms with van der Waals surface area (Å²) in [5, 5.41) is 3.69. The van der Waals surface area contributed by atoms with Crippen LogP contribution in [0.5, 0.6) is 0 Å². The molecule has 2 aromatic rings. The molecule has 1 nitrogen and oxygen atoms in total. The summed E-state index contributed by atoms with van der Waals surface area (Å²) in [5.74, 6) is 0.610. The molecule has 0 bridgehead atoms. The zero-order chi connectivity index (χ0) is 10.8. The summed E-state index contributed by atoms with van der Waals surface area (Å²) >= 11 is 1.84. The van der Waals surface area contributed by atoms with Gasteiger partial charge in [-0.1, -0.05) is 26.0 Å². The van der Waals surface area contributed by atoms with Gasteiger partial charge in [0.05, 0.1) is 0 Å². The molecule has 0 saturated heterocycles. The molecule has 0 saturated carbocycles. The summed E-state index contributed by atoms with van der Waals surface area (Å²) in [7, 11) is 0. The van der Waals surface area contributed by atoms with Crippen molar-refractivity contribution >= 4 is 21.4 Å². The lowest BCUT2D eigenvalue weighted by molar-refractivity contribution is 0.880. The van der Waals surface area contributed by atoms with Crippen molar-refractivity contribution in [1.82, 2.24) is 0 Å². The fourth-order valence-electron chi connectivity index (χ4n) is 1.86. The Morgan fingerprint density at radius 3 is 2.80 bits per heavy atom. The summed E-state index contributed by atoms with van der Waals surface area (Å²) in [4.78, 5) is 0. The highest BCUT2D eigenvalue weighted by molar-refractivity contribution is 7.17. The predicted octanol–water partition coefficient (Wildman–Crippen LogP) is 3.53. The SMILES string of the molecule is CC(C)c1csc2cc(CCN)ccc12. The molecular formula is C13H17NS. The van der Waals surface area contributed by atoms with Gasteiger partial charge in [0, 0.05) is 4.70 Å². The number of rotatable bonds is 3. The molecule has 0 aliphatic carbocycles. The number of fused-ring (bicyclic) bond motifs is 1. The van der Waals surface area contributed by atoms with Crippen LogP contribution < -0.4 is 5.73 Å². The maximum atomic E-state index is 5.56. The third-order valence-electron chi connectivity index (χ3n) is 2.72. The lowest BCUT2D eigenvalue weighted by Gasteiger charge is -2.03. The molecule has 0 atom stereocenters. The number of hydrogen-bond donors (Lipinski definition) is 1. The van der Waals surface area contributed by atoms with E-state index in [1.165, 1.54) is 21.2 Å². The second-order valence-corrected chi connectivity index (χ2v) is 5.13. The second kappa shape index (κ2) is 4.33. The molecule has 1 heterocycles. The van der Waals surface area contributed by atoms with Gasteiger partial charge in [-0.25, -0.2) is 0 Å². The fourth-order valence-corrected chi connectivity index (χ4v) is 3.05. The number of nitrogens with two attached hydrogens (primary N) is 1. The van der Waals surface area contributed by atoms with Crippen LogP contribution >= 0.6 is 11.3 Å². The third kappa shape index (κ3) is 2.06. The topological polar surface area (TPSA) is 26.0 Å². The van der Waals surface area contributed by atoms with E-state index in [2.05, 4.69) is 37.4 Å². The number of benzene rings is 1. The van der Waals surface area contributed by atoms with Crippen LogP contribution in [-0.4, -0.2) is 6.54 Å². The van der Waals surface area contributed by atoms with Crippen LogP contribution in [0.4, 0.5) is 0 Å². The third-order valence-corrected chi connectivity index (χ3v) is 3.69. The Morgan fingerprint density at radius 2 is 2.13 bits per heavy atom. The Bertz CT molecular complexity index is 457. The molecule has 0 aliphatic heterocycles. The van der Waals surface area contributed by atoms with Crippen molar-refractivity contribution in [3.63, 3.8) is 0 Å². The van der Waals surface area contributed by atoms with Gasteiger partial charge in [0.15, 0.2) is 0 Å². The fraction of sp³-hybridized carbons (Fsp3) is 0.385. The van der Waals surface area contributed by atoms with E-state index in [9.17, 15) is 0 Å². The maximum absolute atomic E-state index is 5.56. The van der Waals surface area contributed by atoms with Crippen molar-refractivity contribution in [3.05, 3.63) is 34.7 Å². The number of hydrogen-bond acceptors (Lipinski definition) is 2. The highest BCUT2D eigenvalue weighted by atomic mass is 32.1. The van der Waals surface area contributed by atoms with E-state index in [0.29, 0.717) is 5.92 Å². The molecule has 80 valence electrons. The molecule has 1 aromatic carbocycles. The normalized spacial score (nSPS) is 11.5. The van der Waals surface area contributed by atoms with Crippen LogP contribution in [0.1, 0.15) is 30.9 Å². The van der Waals surface area contributed by atoms with Crippen molar-refractivity contribution in [2.75, 3.05) is 6.54 Å². The van der Waals surface area contributed by atoms with E-state index in [1.807, 2.05) is 11.3 Å². The lowest BCUT2D eigenvalue weighted by Crippen LogP contribution is -2.02. The van der Waals surface area contributed by atoms with Gasteiger partial charge in [-0.3, -0.25) is 0 Å². The van der Waals surface area contributed by atoms with E-state index in [-0.39, 0.29) is 0 Å². The number of thiophene rings is 1. The molecule has 0 fully saturated rings. The summed E-state index contributed by atoms with van der Waals surface area (Å²) in [6, 6.07) is 6.72. The first-order valence-corrected chi connectivity index (χ1v) is 6.30. The van der Waals surface area contributed by atoms with Gasteiger partial charge in [-0.2, -0.15) is 0 Å². The molecule has 2 N–H and O–H groups in total. The summed E-state index contributed by atoms with van der Waals surface area (Å²) in [6.07, 6.45) is 0.977. The van der Waals surface area contributed by atoms with E-state index in [4.69, 9.17) is 5.73 Å². The molecule has 0 amide bonds. The highest BCUT2D eigenvalue weighted by Crippen LogP contribution is 2.31. The highest BCUT2D eigenvalue weighted by Gasteiger charge is 2.07. The van der Waals surface area contributed by atoms with Crippen molar-refractivity contribution in [2.24, 2.45) is 5.73 Å². The van der Waals surface area contributed by atoms with Crippen molar-refractivity contribution < 1.29 is 0 Å². The second-order valence-electron chi connectivity index (χ2n) is 4.21. The van der Waals surface area contributed by atoms with Crippen molar-refractivity contribution in [2.45, 2.75) is 26.2 Å². The Hall–Kier alpha value is -0.860. The van der Waals surface area contributed by atoms with Gasteiger partial charge in [-0.05, 0) is 46.8 Å². The summed E-state index contributed by atoms with van der Waals surface area (Å²) < 4.78 is 1.39. The smallest absolute Gasteiger partial charge is 0.0348 e. The van der Waals surface area contributed by atoms with Gasteiger partial charge in [0.2, 0.25) is 0 Å². The maximum Gasteiger partial charge on any atom is 0.0348 e. The first-order valence-electron chi connectivity index (χ1n) is 5.42. The molecule has 15 heavy (non-hydrogen) atoms. The molecule has 1 aromatic heterocycles. The average molecular weight is 219 g/mol. The minimum Gasteiger partial charge on any atom is -0.330 e. The molecule has 0 aliphatic rings. The van der Waals surface area contributed by atoms with Crippen LogP contribution in [0.15, 0.2) is 23.6 Å². The van der Waals surface area contributed by atoms with Gasteiger partial charge < -0.3 is 5.73 Å². The Balaban J connectivity index is 2.47. The minimum atomic E-state index is 0.610. The molecule has 0 unspecified atom stereocenters. The van der Waals surface area contributed by atoms with Crippen LogP contribution in [-0.2, 0) is 6.42 Å². The Labute approximate surface area is 94.9 Å². The summed E-state index contributed by atoms with van der Waals surface area (Å²) in [6.45, 7) is 5.22. The lowest BCUT2D eigenvalue weighted by atomic mass is 10.0. The molecule has 0 radical (unpaired) electrons. The molecule has 2 heteroatoms. The molecular weight excluding hydrogens is 202 g/mol. The van der Waals surface area contributed by atoms with E-state index in [1.54, 1.807) is 0 Å². The predicted molar refractivity (Wildman–Crippen MR) is 68.7 cm³/mol. The quantitative estimate of drug-likeness (QED) is 0.839. The zero-order valence-corrected chi connectivity index (χ0v) is 10.1. The molecule has 2 rings (SSSR count). The van der Waals surface area contributed by atoms with E-state index >= 15 is 0 Å². The first-order chi connectivity index (χ1) is 7.22. The minimum absolute atomic E-state index is 0.610.